The Morgan fingerprint density at radius 2 is 1.78 bits per heavy atom. The Labute approximate surface area is 142 Å². The Bertz CT molecular complexity index is 728. The summed E-state index contributed by atoms with van der Waals surface area (Å²) in [6.45, 7) is 0.588. The zero-order valence-corrected chi connectivity index (χ0v) is 14.6. The van der Waals surface area contributed by atoms with Gasteiger partial charge in [0, 0.05) is 23.6 Å². The average Bonchev–Trinajstić information content (AvgIpc) is 2.86. The molecule has 0 saturated carbocycles. The van der Waals surface area contributed by atoms with Gasteiger partial charge < -0.3 is 5.32 Å². The fourth-order valence-electron chi connectivity index (χ4n) is 2.94. The average molecular weight is 402 g/mol. The molecule has 2 aliphatic heterocycles. The normalized spacial score (nSPS) is 20.8. The summed E-state index contributed by atoms with van der Waals surface area (Å²) in [7, 11) is -3.58. The summed E-state index contributed by atoms with van der Waals surface area (Å²) in [5, 5.41) is 2.49. The van der Waals surface area contributed by atoms with E-state index in [0.29, 0.717) is 17.3 Å². The van der Waals surface area contributed by atoms with E-state index in [2.05, 4.69) is 21.2 Å². The van der Waals surface area contributed by atoms with Crippen molar-refractivity contribution in [3.05, 3.63) is 28.7 Å². The van der Waals surface area contributed by atoms with Crippen LogP contribution >= 0.6 is 15.9 Å². The van der Waals surface area contributed by atoms with Gasteiger partial charge in [0.2, 0.25) is 15.9 Å². The number of amides is 3. The first-order valence-electron chi connectivity index (χ1n) is 7.26. The van der Waals surface area contributed by atoms with Crippen molar-refractivity contribution in [1.82, 2.24) is 14.5 Å². The second-order valence-corrected chi connectivity index (χ2v) is 8.25. The summed E-state index contributed by atoms with van der Waals surface area (Å²) in [5.74, 6) is -0.248. The predicted molar refractivity (Wildman–Crippen MR) is 86.2 cm³/mol. The molecule has 2 saturated heterocycles. The lowest BCUT2D eigenvalue weighted by atomic mass is 10.1. The second kappa shape index (κ2) is 6.21. The van der Waals surface area contributed by atoms with Crippen molar-refractivity contribution in [2.24, 2.45) is 0 Å². The first-order valence-corrected chi connectivity index (χ1v) is 9.49. The molecule has 3 rings (SSSR count). The number of hydrogen-bond acceptors (Lipinski definition) is 4. The summed E-state index contributed by atoms with van der Waals surface area (Å²) in [6.07, 6.45) is 0.895. The van der Waals surface area contributed by atoms with Gasteiger partial charge in [0.15, 0.2) is 0 Å². The zero-order chi connectivity index (χ0) is 16.6. The first-order chi connectivity index (χ1) is 10.9. The van der Waals surface area contributed by atoms with Gasteiger partial charge in [0.1, 0.15) is 0 Å². The van der Waals surface area contributed by atoms with E-state index < -0.39 is 10.0 Å². The second-order valence-electron chi connectivity index (χ2n) is 5.49. The van der Waals surface area contributed by atoms with Crippen molar-refractivity contribution >= 4 is 37.9 Å². The monoisotopic (exact) mass is 401 g/mol. The lowest BCUT2D eigenvalue weighted by Crippen LogP contribution is -2.49. The van der Waals surface area contributed by atoms with Crippen LogP contribution in [0.15, 0.2) is 33.6 Å². The molecule has 2 fully saturated rings. The van der Waals surface area contributed by atoms with Crippen LogP contribution in [-0.4, -0.2) is 55.2 Å². The van der Waals surface area contributed by atoms with Gasteiger partial charge in [-0.05, 0) is 40.9 Å². The van der Waals surface area contributed by atoms with Crippen LogP contribution in [0.4, 0.5) is 4.79 Å². The van der Waals surface area contributed by atoms with Gasteiger partial charge >= 0.3 is 6.03 Å². The number of carbonyl (C=O) groups excluding carboxylic acids is 2. The molecule has 0 atom stereocenters. The Balaban J connectivity index is 1.73. The van der Waals surface area contributed by atoms with Crippen LogP contribution in [0.1, 0.15) is 12.8 Å². The van der Waals surface area contributed by atoms with E-state index in [1.165, 1.54) is 9.21 Å². The van der Waals surface area contributed by atoms with E-state index in [-0.39, 0.29) is 42.5 Å². The summed E-state index contributed by atoms with van der Waals surface area (Å²) < 4.78 is 27.3. The topological polar surface area (TPSA) is 86.8 Å². The smallest absolute Gasteiger partial charge is 0.324 e. The Morgan fingerprint density at radius 3 is 2.35 bits per heavy atom. The molecule has 0 spiro atoms. The van der Waals surface area contributed by atoms with Crippen molar-refractivity contribution in [1.29, 1.82) is 0 Å². The molecule has 1 aromatic rings. The third-order valence-corrected chi connectivity index (χ3v) is 7.03. The van der Waals surface area contributed by atoms with E-state index in [9.17, 15) is 18.0 Å². The van der Waals surface area contributed by atoms with Gasteiger partial charge in [0.25, 0.3) is 0 Å². The molecule has 124 valence electrons. The number of rotatable bonds is 3. The minimum absolute atomic E-state index is 0.0221. The number of piperidine rings is 1. The fraction of sp³-hybridized carbons (Fsp3) is 0.429. The number of nitrogens with one attached hydrogen (secondary N) is 1. The predicted octanol–water partition coefficient (Wildman–Crippen LogP) is 1.15. The molecular weight excluding hydrogens is 386 g/mol. The summed E-state index contributed by atoms with van der Waals surface area (Å²) in [5.41, 5.74) is 0. The molecule has 0 aromatic heterocycles. The van der Waals surface area contributed by atoms with Gasteiger partial charge in [0.05, 0.1) is 11.4 Å². The van der Waals surface area contributed by atoms with Crippen molar-refractivity contribution in [3.63, 3.8) is 0 Å². The summed E-state index contributed by atoms with van der Waals surface area (Å²) >= 11 is 3.27. The van der Waals surface area contributed by atoms with Crippen LogP contribution < -0.4 is 5.32 Å². The minimum atomic E-state index is -3.58. The number of carbonyl (C=O) groups is 2. The van der Waals surface area contributed by atoms with Crippen molar-refractivity contribution < 1.29 is 18.0 Å². The Kier molecular flexibility index (Phi) is 4.43. The van der Waals surface area contributed by atoms with Crippen LogP contribution in [0.5, 0.6) is 0 Å². The number of sulfonamides is 1. The number of benzene rings is 1. The largest absolute Gasteiger partial charge is 0.329 e. The molecule has 2 aliphatic rings. The van der Waals surface area contributed by atoms with Crippen molar-refractivity contribution in [3.8, 4) is 0 Å². The molecule has 23 heavy (non-hydrogen) atoms. The standard InChI is InChI=1S/C14H16BrN3O4S/c15-11-3-1-2-4-12(11)23(21,22)17-7-5-10(6-8-17)18-13(19)9-16-14(18)20/h1-4,10H,5-9H2,(H,16,20). The third-order valence-electron chi connectivity index (χ3n) is 4.12. The highest BCUT2D eigenvalue weighted by molar-refractivity contribution is 9.10. The maximum Gasteiger partial charge on any atom is 0.324 e. The Hall–Kier alpha value is -1.45. The van der Waals surface area contributed by atoms with Crippen LogP contribution in [0.2, 0.25) is 0 Å². The lowest BCUT2D eigenvalue weighted by molar-refractivity contribution is -0.127. The molecule has 0 unspecified atom stereocenters. The number of nitrogens with zero attached hydrogens (tertiary/aromatic N) is 2. The van der Waals surface area contributed by atoms with E-state index in [1.807, 2.05) is 0 Å². The number of urea groups is 1. The maximum absolute atomic E-state index is 12.7. The van der Waals surface area contributed by atoms with Crippen LogP contribution in [0.25, 0.3) is 0 Å². The molecule has 1 N–H and O–H groups in total. The van der Waals surface area contributed by atoms with E-state index in [1.54, 1.807) is 24.3 Å². The molecule has 0 radical (unpaired) electrons. The number of halogens is 1. The van der Waals surface area contributed by atoms with Gasteiger partial charge in [-0.3, -0.25) is 9.69 Å². The molecule has 2 heterocycles. The number of imide groups is 1. The van der Waals surface area contributed by atoms with E-state index in [0.717, 1.165) is 0 Å². The summed E-state index contributed by atoms with van der Waals surface area (Å²) in [4.78, 5) is 24.9. The quantitative estimate of drug-likeness (QED) is 0.769. The van der Waals surface area contributed by atoms with Crippen LogP contribution in [0.3, 0.4) is 0 Å². The third kappa shape index (κ3) is 3.00. The summed E-state index contributed by atoms with van der Waals surface area (Å²) in [6, 6.07) is 6.05. The minimum Gasteiger partial charge on any atom is -0.329 e. The van der Waals surface area contributed by atoms with Crippen molar-refractivity contribution in [2.45, 2.75) is 23.8 Å². The Morgan fingerprint density at radius 1 is 1.13 bits per heavy atom. The van der Waals surface area contributed by atoms with Crippen LogP contribution in [-0.2, 0) is 14.8 Å². The lowest BCUT2D eigenvalue weighted by Gasteiger charge is -2.34. The number of hydrogen-bond donors (Lipinski definition) is 1. The molecule has 1 aromatic carbocycles. The van der Waals surface area contributed by atoms with Gasteiger partial charge in [-0.15, -0.1) is 0 Å². The molecule has 0 bridgehead atoms. The first kappa shape index (κ1) is 16.4. The van der Waals surface area contributed by atoms with E-state index >= 15 is 0 Å². The molecule has 3 amide bonds. The SMILES string of the molecule is O=C1CNC(=O)N1C1CCN(S(=O)(=O)c2ccccc2Br)CC1. The fourth-order valence-corrected chi connectivity index (χ4v) is 5.37. The van der Waals surface area contributed by atoms with Crippen LogP contribution in [0, 0.1) is 0 Å². The molecule has 7 nitrogen and oxygen atoms in total. The molecular formula is C14H16BrN3O4S. The molecule has 0 aliphatic carbocycles. The van der Waals surface area contributed by atoms with Crippen molar-refractivity contribution in [2.75, 3.05) is 19.6 Å². The zero-order valence-electron chi connectivity index (χ0n) is 12.2. The molecule has 9 heteroatoms. The maximum atomic E-state index is 12.7. The highest BCUT2D eigenvalue weighted by atomic mass is 79.9. The van der Waals surface area contributed by atoms with Gasteiger partial charge in [-0.25, -0.2) is 13.2 Å². The van der Waals surface area contributed by atoms with E-state index in [4.69, 9.17) is 0 Å². The highest BCUT2D eigenvalue weighted by Gasteiger charge is 2.39. The van der Waals surface area contributed by atoms with Gasteiger partial charge in [-0.1, -0.05) is 12.1 Å². The highest BCUT2D eigenvalue weighted by Crippen LogP contribution is 2.28. The van der Waals surface area contributed by atoms with Gasteiger partial charge in [-0.2, -0.15) is 4.31 Å².